The Bertz CT molecular complexity index is 702. The molecule has 0 fully saturated rings. The number of nitrogens with one attached hydrogen (secondary N) is 1. The van der Waals surface area contributed by atoms with Gasteiger partial charge >= 0.3 is 0 Å². The number of rotatable bonds is 8. The van der Waals surface area contributed by atoms with Gasteiger partial charge in [0.1, 0.15) is 5.75 Å². The van der Waals surface area contributed by atoms with Gasteiger partial charge in [-0.25, -0.2) is 18.1 Å². The second-order valence-corrected chi connectivity index (χ2v) is 7.20. The van der Waals surface area contributed by atoms with Gasteiger partial charge in [-0.05, 0) is 41.4 Å². The number of nitrogens with zero attached hydrogens (tertiary/aromatic N) is 2. The van der Waals surface area contributed by atoms with Gasteiger partial charge < -0.3 is 9.30 Å². The van der Waals surface area contributed by atoms with Gasteiger partial charge in [0.2, 0.25) is 10.0 Å². The lowest BCUT2D eigenvalue weighted by atomic mass is 10.3. The van der Waals surface area contributed by atoms with Crippen LogP contribution >= 0.6 is 15.9 Å². The summed E-state index contributed by atoms with van der Waals surface area (Å²) >= 11 is 3.34. The Kier molecular flexibility index (Phi) is 5.98. The summed E-state index contributed by atoms with van der Waals surface area (Å²) in [4.78, 5) is 4.13. The zero-order chi connectivity index (χ0) is 16.0. The molecule has 22 heavy (non-hydrogen) atoms. The summed E-state index contributed by atoms with van der Waals surface area (Å²) in [5.41, 5.74) is 0. The number of halogens is 1. The van der Waals surface area contributed by atoms with Crippen molar-refractivity contribution in [2.24, 2.45) is 0 Å². The molecule has 0 atom stereocenters. The van der Waals surface area contributed by atoms with Crippen molar-refractivity contribution in [3.8, 4) is 5.75 Å². The first-order chi connectivity index (χ1) is 10.5. The predicted molar refractivity (Wildman–Crippen MR) is 87.3 cm³/mol. The van der Waals surface area contributed by atoms with E-state index in [4.69, 9.17) is 4.74 Å². The zero-order valence-corrected chi connectivity index (χ0v) is 14.6. The summed E-state index contributed by atoms with van der Waals surface area (Å²) in [6.07, 6.45) is 5.93. The molecule has 120 valence electrons. The number of sulfonamides is 1. The molecule has 6 nitrogen and oxygen atoms in total. The van der Waals surface area contributed by atoms with Gasteiger partial charge in [-0.15, -0.1) is 0 Å². The SMILES string of the molecule is CCOc1cc(S(=O)(=O)NCCCn2ccnc2)ccc1Br. The summed E-state index contributed by atoms with van der Waals surface area (Å²) in [6, 6.07) is 4.74. The van der Waals surface area contributed by atoms with Crippen LogP contribution in [0.3, 0.4) is 0 Å². The van der Waals surface area contributed by atoms with Crippen LogP contribution in [-0.2, 0) is 16.6 Å². The predicted octanol–water partition coefficient (Wildman–Crippen LogP) is 2.41. The molecule has 0 radical (unpaired) electrons. The van der Waals surface area contributed by atoms with Crippen LogP contribution in [0.15, 0.2) is 46.3 Å². The summed E-state index contributed by atoms with van der Waals surface area (Å²) < 4.78 is 35.1. The third-order valence-corrected chi connectivity index (χ3v) is 5.07. The van der Waals surface area contributed by atoms with E-state index in [0.717, 1.165) is 4.47 Å². The van der Waals surface area contributed by atoms with Gasteiger partial charge in [0.25, 0.3) is 0 Å². The normalized spacial score (nSPS) is 11.5. The second-order valence-electron chi connectivity index (χ2n) is 4.58. The maximum absolute atomic E-state index is 12.3. The van der Waals surface area contributed by atoms with Gasteiger partial charge in [-0.2, -0.15) is 0 Å². The largest absolute Gasteiger partial charge is 0.493 e. The fourth-order valence-electron chi connectivity index (χ4n) is 1.89. The molecule has 1 aromatic heterocycles. The van der Waals surface area contributed by atoms with Crippen molar-refractivity contribution in [2.45, 2.75) is 24.8 Å². The lowest BCUT2D eigenvalue weighted by Gasteiger charge is -2.10. The highest BCUT2D eigenvalue weighted by Gasteiger charge is 2.15. The summed E-state index contributed by atoms with van der Waals surface area (Å²) in [5, 5.41) is 0. The lowest BCUT2D eigenvalue weighted by Crippen LogP contribution is -2.25. The minimum atomic E-state index is -3.53. The Hall–Kier alpha value is -1.38. The van der Waals surface area contributed by atoms with Gasteiger partial charge in [0.05, 0.1) is 22.3 Å². The average Bonchev–Trinajstić information content (AvgIpc) is 2.99. The Morgan fingerprint density at radius 1 is 1.41 bits per heavy atom. The number of aromatic nitrogens is 2. The molecular formula is C14H18BrN3O3S. The van der Waals surface area contributed by atoms with E-state index < -0.39 is 10.0 Å². The summed E-state index contributed by atoms with van der Waals surface area (Å²) in [7, 11) is -3.53. The number of imidazole rings is 1. The Morgan fingerprint density at radius 2 is 2.23 bits per heavy atom. The molecule has 0 saturated heterocycles. The molecule has 2 rings (SSSR count). The fraction of sp³-hybridized carbons (Fsp3) is 0.357. The van der Waals surface area contributed by atoms with E-state index in [-0.39, 0.29) is 4.90 Å². The third-order valence-electron chi connectivity index (χ3n) is 2.96. The van der Waals surface area contributed by atoms with Gasteiger partial charge in [-0.1, -0.05) is 0 Å². The van der Waals surface area contributed by atoms with E-state index in [1.165, 1.54) is 6.07 Å². The molecule has 8 heteroatoms. The highest BCUT2D eigenvalue weighted by atomic mass is 79.9. The topological polar surface area (TPSA) is 73.2 Å². The van der Waals surface area contributed by atoms with Crippen LogP contribution in [0.5, 0.6) is 5.75 Å². The average molecular weight is 388 g/mol. The standard InChI is InChI=1S/C14H18BrN3O3S/c1-2-21-14-10-12(4-5-13(14)15)22(19,20)17-6-3-8-18-9-7-16-11-18/h4-5,7,9-11,17H,2-3,6,8H2,1H3. The maximum atomic E-state index is 12.3. The van der Waals surface area contributed by atoms with Crippen molar-refractivity contribution in [2.75, 3.05) is 13.2 Å². The van der Waals surface area contributed by atoms with Crippen molar-refractivity contribution in [1.82, 2.24) is 14.3 Å². The van der Waals surface area contributed by atoms with Crippen LogP contribution in [-0.4, -0.2) is 31.1 Å². The van der Waals surface area contributed by atoms with Crippen molar-refractivity contribution in [1.29, 1.82) is 0 Å². The third kappa shape index (κ3) is 4.56. The number of aryl methyl sites for hydroxylation is 1. The van der Waals surface area contributed by atoms with Crippen molar-refractivity contribution < 1.29 is 13.2 Å². The monoisotopic (exact) mass is 387 g/mol. The van der Waals surface area contributed by atoms with Gasteiger partial charge in [-0.3, -0.25) is 0 Å². The number of ether oxygens (including phenoxy) is 1. The smallest absolute Gasteiger partial charge is 0.240 e. The molecule has 0 unspecified atom stereocenters. The van der Waals surface area contributed by atoms with E-state index in [9.17, 15) is 8.42 Å². The van der Waals surface area contributed by atoms with Crippen LogP contribution < -0.4 is 9.46 Å². The first-order valence-corrected chi connectivity index (χ1v) is 9.18. The van der Waals surface area contributed by atoms with Crippen molar-refractivity contribution >= 4 is 26.0 Å². The van der Waals surface area contributed by atoms with E-state index in [1.807, 2.05) is 17.7 Å². The Balaban J connectivity index is 1.96. The molecule has 1 N–H and O–H groups in total. The Morgan fingerprint density at radius 3 is 2.91 bits per heavy atom. The van der Waals surface area contributed by atoms with Crippen LogP contribution in [0.2, 0.25) is 0 Å². The fourth-order valence-corrected chi connectivity index (χ4v) is 3.34. The minimum absolute atomic E-state index is 0.196. The highest BCUT2D eigenvalue weighted by Crippen LogP contribution is 2.27. The van der Waals surface area contributed by atoms with Crippen LogP contribution in [0.25, 0.3) is 0 Å². The van der Waals surface area contributed by atoms with E-state index in [1.54, 1.807) is 24.7 Å². The summed E-state index contributed by atoms with van der Waals surface area (Å²) in [5.74, 6) is 0.517. The molecular weight excluding hydrogens is 370 g/mol. The minimum Gasteiger partial charge on any atom is -0.493 e. The molecule has 0 amide bonds. The van der Waals surface area contributed by atoms with Gasteiger partial charge in [0.15, 0.2) is 0 Å². The van der Waals surface area contributed by atoms with E-state index in [2.05, 4.69) is 25.6 Å². The molecule has 1 aromatic carbocycles. The van der Waals surface area contributed by atoms with Crippen LogP contribution in [0.1, 0.15) is 13.3 Å². The molecule has 1 heterocycles. The van der Waals surface area contributed by atoms with Crippen LogP contribution in [0.4, 0.5) is 0 Å². The molecule has 2 aromatic rings. The van der Waals surface area contributed by atoms with E-state index in [0.29, 0.717) is 31.9 Å². The second kappa shape index (κ2) is 7.75. The first kappa shape index (κ1) is 17.0. The van der Waals surface area contributed by atoms with Crippen LogP contribution in [0, 0.1) is 0 Å². The number of hydrogen-bond donors (Lipinski definition) is 1. The lowest BCUT2D eigenvalue weighted by molar-refractivity contribution is 0.337. The summed E-state index contributed by atoms with van der Waals surface area (Å²) in [6.45, 7) is 3.40. The van der Waals surface area contributed by atoms with Crippen molar-refractivity contribution in [3.05, 3.63) is 41.4 Å². The number of benzene rings is 1. The molecule has 0 bridgehead atoms. The molecule has 0 aliphatic heterocycles. The molecule has 0 spiro atoms. The molecule has 0 aliphatic rings. The first-order valence-electron chi connectivity index (χ1n) is 6.90. The Labute approximate surface area is 138 Å². The van der Waals surface area contributed by atoms with E-state index >= 15 is 0 Å². The quantitative estimate of drug-likeness (QED) is 0.705. The van der Waals surface area contributed by atoms with Crippen molar-refractivity contribution in [3.63, 3.8) is 0 Å². The highest BCUT2D eigenvalue weighted by molar-refractivity contribution is 9.10. The maximum Gasteiger partial charge on any atom is 0.240 e. The number of hydrogen-bond acceptors (Lipinski definition) is 4. The zero-order valence-electron chi connectivity index (χ0n) is 12.2. The molecule has 0 aliphatic carbocycles. The molecule has 0 saturated carbocycles. The van der Waals surface area contributed by atoms with Gasteiger partial charge in [0, 0.05) is 31.5 Å².